The molecule has 100 valence electrons. The van der Waals surface area contributed by atoms with Gasteiger partial charge >= 0.3 is 0 Å². The minimum Gasteiger partial charge on any atom is -0.319 e. The molecule has 1 unspecified atom stereocenters. The van der Waals surface area contributed by atoms with Gasteiger partial charge in [0.15, 0.2) is 0 Å². The molecule has 0 bridgehead atoms. The Morgan fingerprint density at radius 3 is 2.56 bits per heavy atom. The summed E-state index contributed by atoms with van der Waals surface area (Å²) in [5.41, 5.74) is 2.89. The first kappa shape index (κ1) is 13.6. The van der Waals surface area contributed by atoms with E-state index >= 15 is 0 Å². The molecule has 18 heavy (non-hydrogen) atoms. The van der Waals surface area contributed by atoms with E-state index in [9.17, 15) is 0 Å². The number of nitrogens with one attached hydrogen (secondary N) is 1. The van der Waals surface area contributed by atoms with E-state index in [-0.39, 0.29) is 0 Å². The van der Waals surface area contributed by atoms with Crippen molar-refractivity contribution in [1.82, 2.24) is 10.2 Å². The second kappa shape index (κ2) is 6.91. The summed E-state index contributed by atoms with van der Waals surface area (Å²) in [4.78, 5) is 2.62. The van der Waals surface area contributed by atoms with Gasteiger partial charge in [0.25, 0.3) is 0 Å². The van der Waals surface area contributed by atoms with Gasteiger partial charge in [0, 0.05) is 12.6 Å². The SMILES string of the molecule is CNCCc1ccc(CN2CCCCC2C)cc1. The summed E-state index contributed by atoms with van der Waals surface area (Å²) < 4.78 is 0. The lowest BCUT2D eigenvalue weighted by molar-refractivity contribution is 0.152. The van der Waals surface area contributed by atoms with Crippen molar-refractivity contribution in [1.29, 1.82) is 0 Å². The fourth-order valence-corrected chi connectivity index (χ4v) is 2.71. The summed E-state index contributed by atoms with van der Waals surface area (Å²) >= 11 is 0. The van der Waals surface area contributed by atoms with Crippen molar-refractivity contribution in [3.63, 3.8) is 0 Å². The molecule has 0 radical (unpaired) electrons. The summed E-state index contributed by atoms with van der Waals surface area (Å²) in [6.07, 6.45) is 5.25. The molecule has 1 fully saturated rings. The van der Waals surface area contributed by atoms with Crippen LogP contribution >= 0.6 is 0 Å². The van der Waals surface area contributed by atoms with Gasteiger partial charge in [-0.15, -0.1) is 0 Å². The van der Waals surface area contributed by atoms with Crippen molar-refractivity contribution in [2.75, 3.05) is 20.1 Å². The van der Waals surface area contributed by atoms with Gasteiger partial charge in [0.2, 0.25) is 0 Å². The number of hydrogen-bond acceptors (Lipinski definition) is 2. The van der Waals surface area contributed by atoms with Crippen LogP contribution in [-0.4, -0.2) is 31.1 Å². The second-order valence-electron chi connectivity index (χ2n) is 5.49. The fraction of sp³-hybridized carbons (Fsp3) is 0.625. The van der Waals surface area contributed by atoms with E-state index in [1.165, 1.54) is 36.9 Å². The fourth-order valence-electron chi connectivity index (χ4n) is 2.71. The molecule has 0 spiro atoms. The summed E-state index contributed by atoms with van der Waals surface area (Å²) in [6, 6.07) is 9.91. The van der Waals surface area contributed by atoms with Crippen molar-refractivity contribution in [3.8, 4) is 0 Å². The third kappa shape index (κ3) is 3.82. The summed E-state index contributed by atoms with van der Waals surface area (Å²) in [5.74, 6) is 0. The Morgan fingerprint density at radius 1 is 1.17 bits per heavy atom. The molecule has 0 saturated carbocycles. The van der Waals surface area contributed by atoms with Gasteiger partial charge in [-0.3, -0.25) is 4.90 Å². The second-order valence-corrected chi connectivity index (χ2v) is 5.49. The molecule has 0 amide bonds. The number of hydrogen-bond donors (Lipinski definition) is 1. The monoisotopic (exact) mass is 246 g/mol. The molecule has 1 aromatic rings. The smallest absolute Gasteiger partial charge is 0.0236 e. The molecule has 0 aromatic heterocycles. The van der Waals surface area contributed by atoms with Crippen molar-refractivity contribution in [3.05, 3.63) is 35.4 Å². The van der Waals surface area contributed by atoms with Crippen LogP contribution in [0.4, 0.5) is 0 Å². The Kier molecular flexibility index (Phi) is 5.21. The molecule has 1 saturated heterocycles. The van der Waals surface area contributed by atoms with Crippen LogP contribution in [0.3, 0.4) is 0 Å². The van der Waals surface area contributed by atoms with E-state index in [1.54, 1.807) is 0 Å². The number of rotatable bonds is 5. The molecule has 1 atom stereocenters. The quantitative estimate of drug-likeness (QED) is 0.859. The molecule has 1 aliphatic rings. The standard InChI is InChI=1S/C16H26N2/c1-14-5-3-4-12-18(14)13-16-8-6-15(7-9-16)10-11-17-2/h6-9,14,17H,3-5,10-13H2,1-2H3. The highest BCUT2D eigenvalue weighted by molar-refractivity contribution is 5.22. The lowest BCUT2D eigenvalue weighted by atomic mass is 10.0. The zero-order valence-electron chi connectivity index (χ0n) is 11.8. The molecular formula is C16H26N2. The van der Waals surface area contributed by atoms with Crippen molar-refractivity contribution >= 4 is 0 Å². The van der Waals surface area contributed by atoms with Crippen molar-refractivity contribution in [2.45, 2.75) is 45.2 Å². The normalized spacial score (nSPS) is 21.1. The molecule has 1 N–H and O–H groups in total. The molecule has 1 heterocycles. The van der Waals surface area contributed by atoms with Crippen LogP contribution in [0.1, 0.15) is 37.3 Å². The summed E-state index contributed by atoms with van der Waals surface area (Å²) in [6.45, 7) is 5.80. The maximum absolute atomic E-state index is 3.19. The lowest BCUT2D eigenvalue weighted by Crippen LogP contribution is -2.36. The minimum absolute atomic E-state index is 0.753. The van der Waals surface area contributed by atoms with Gasteiger partial charge in [-0.2, -0.15) is 0 Å². The molecular weight excluding hydrogens is 220 g/mol. The summed E-state index contributed by atoms with van der Waals surface area (Å²) in [7, 11) is 2.01. The van der Waals surface area contributed by atoms with Crippen LogP contribution < -0.4 is 5.32 Å². The Bertz CT molecular complexity index is 345. The average molecular weight is 246 g/mol. The Labute approximate surface area is 111 Å². The van der Waals surface area contributed by atoms with Crippen LogP contribution in [0.5, 0.6) is 0 Å². The molecule has 1 aliphatic heterocycles. The van der Waals surface area contributed by atoms with E-state index in [0.717, 1.165) is 25.6 Å². The van der Waals surface area contributed by atoms with Crippen molar-refractivity contribution < 1.29 is 0 Å². The van der Waals surface area contributed by atoms with Crippen LogP contribution in [-0.2, 0) is 13.0 Å². The highest BCUT2D eigenvalue weighted by Gasteiger charge is 2.17. The molecule has 2 nitrogen and oxygen atoms in total. The Hall–Kier alpha value is -0.860. The van der Waals surface area contributed by atoms with Gasteiger partial charge in [-0.05, 0) is 57.5 Å². The number of nitrogens with zero attached hydrogens (tertiary/aromatic N) is 1. The topological polar surface area (TPSA) is 15.3 Å². The zero-order valence-corrected chi connectivity index (χ0v) is 11.8. The molecule has 0 aliphatic carbocycles. The first-order valence-electron chi connectivity index (χ1n) is 7.26. The van der Waals surface area contributed by atoms with Gasteiger partial charge < -0.3 is 5.32 Å². The third-order valence-corrected chi connectivity index (χ3v) is 4.01. The number of likely N-dealkylation sites (tertiary alicyclic amines) is 1. The van der Waals surface area contributed by atoms with Crippen LogP contribution in [0.25, 0.3) is 0 Å². The van der Waals surface area contributed by atoms with E-state index in [0.29, 0.717) is 0 Å². The number of benzene rings is 1. The van der Waals surface area contributed by atoms with Crippen LogP contribution in [0, 0.1) is 0 Å². The van der Waals surface area contributed by atoms with Gasteiger partial charge in [0.1, 0.15) is 0 Å². The van der Waals surface area contributed by atoms with Crippen LogP contribution in [0.15, 0.2) is 24.3 Å². The van der Waals surface area contributed by atoms with E-state index in [2.05, 4.69) is 41.4 Å². The molecule has 2 heteroatoms. The van der Waals surface area contributed by atoms with E-state index in [1.807, 2.05) is 7.05 Å². The molecule has 1 aromatic carbocycles. The predicted octanol–water partition coefficient (Wildman–Crippen LogP) is 2.82. The number of likely N-dealkylation sites (N-methyl/N-ethyl adjacent to an activating group) is 1. The highest BCUT2D eigenvalue weighted by atomic mass is 15.2. The maximum Gasteiger partial charge on any atom is 0.0236 e. The first-order chi connectivity index (χ1) is 8.79. The average Bonchev–Trinajstić information content (AvgIpc) is 2.41. The van der Waals surface area contributed by atoms with E-state index < -0.39 is 0 Å². The zero-order chi connectivity index (χ0) is 12.8. The third-order valence-electron chi connectivity index (χ3n) is 4.01. The summed E-state index contributed by atoms with van der Waals surface area (Å²) in [5, 5.41) is 3.19. The van der Waals surface area contributed by atoms with Crippen molar-refractivity contribution in [2.24, 2.45) is 0 Å². The van der Waals surface area contributed by atoms with Gasteiger partial charge in [-0.25, -0.2) is 0 Å². The highest BCUT2D eigenvalue weighted by Crippen LogP contribution is 2.19. The number of piperidine rings is 1. The maximum atomic E-state index is 3.19. The Balaban J connectivity index is 1.89. The van der Waals surface area contributed by atoms with Crippen LogP contribution in [0.2, 0.25) is 0 Å². The predicted molar refractivity (Wildman–Crippen MR) is 77.8 cm³/mol. The Morgan fingerprint density at radius 2 is 1.89 bits per heavy atom. The van der Waals surface area contributed by atoms with Gasteiger partial charge in [-0.1, -0.05) is 30.7 Å². The largest absolute Gasteiger partial charge is 0.319 e. The van der Waals surface area contributed by atoms with Gasteiger partial charge in [0.05, 0.1) is 0 Å². The lowest BCUT2D eigenvalue weighted by Gasteiger charge is -2.33. The molecule has 2 rings (SSSR count). The van der Waals surface area contributed by atoms with E-state index in [4.69, 9.17) is 0 Å². The minimum atomic E-state index is 0.753. The first-order valence-corrected chi connectivity index (χ1v) is 7.26.